The molecule has 0 unspecified atom stereocenters. The molecule has 1 N–H and O–H groups in total. The average Bonchev–Trinajstić information content (AvgIpc) is 2.67. The molecule has 0 atom stereocenters. The van der Waals surface area contributed by atoms with Gasteiger partial charge in [-0.15, -0.1) is 12.4 Å². The lowest BCUT2D eigenvalue weighted by Crippen LogP contribution is -2.52. The van der Waals surface area contributed by atoms with Crippen LogP contribution in [0.25, 0.3) is 0 Å². The van der Waals surface area contributed by atoms with Gasteiger partial charge in [0.2, 0.25) is 5.91 Å². The van der Waals surface area contributed by atoms with E-state index in [4.69, 9.17) is 0 Å². The van der Waals surface area contributed by atoms with E-state index in [2.05, 4.69) is 5.32 Å². The highest BCUT2D eigenvalue weighted by Crippen LogP contribution is 2.29. The summed E-state index contributed by atoms with van der Waals surface area (Å²) in [5.41, 5.74) is -0.539. The maximum atomic E-state index is 12.6. The molecule has 2 aliphatic rings. The number of rotatable bonds is 2. The van der Waals surface area contributed by atoms with Crippen LogP contribution >= 0.6 is 12.4 Å². The van der Waals surface area contributed by atoms with Gasteiger partial charge in [0.1, 0.15) is 0 Å². The number of nitrogens with zero attached hydrogens (tertiary/aromatic N) is 2. The third kappa shape index (κ3) is 5.13. The van der Waals surface area contributed by atoms with Crippen LogP contribution in [0.15, 0.2) is 24.3 Å². The van der Waals surface area contributed by atoms with Crippen molar-refractivity contribution >= 4 is 24.2 Å². The van der Waals surface area contributed by atoms with Crippen molar-refractivity contribution in [3.8, 4) is 0 Å². The van der Waals surface area contributed by atoms with E-state index in [1.165, 1.54) is 12.1 Å². The third-order valence-electron chi connectivity index (χ3n) is 5.03. The molecule has 1 aromatic rings. The summed E-state index contributed by atoms with van der Waals surface area (Å²) in [6.07, 6.45) is -2.74. The number of carbonyl (C=O) groups excluding carboxylic acids is 2. The normalized spacial score (nSPS) is 18.8. The molecule has 0 aliphatic carbocycles. The Labute approximate surface area is 162 Å². The Hall–Kier alpha value is -1.80. The maximum Gasteiger partial charge on any atom is 0.416 e. The molecule has 0 spiro atoms. The summed E-state index contributed by atoms with van der Waals surface area (Å²) < 4.78 is 37.8. The lowest BCUT2D eigenvalue weighted by Gasteiger charge is -2.37. The minimum absolute atomic E-state index is 0. The highest BCUT2D eigenvalue weighted by atomic mass is 35.5. The number of carbonyl (C=O) groups is 2. The molecule has 3 rings (SSSR count). The van der Waals surface area contributed by atoms with Gasteiger partial charge in [-0.3, -0.25) is 9.59 Å². The topological polar surface area (TPSA) is 52.7 Å². The molecule has 2 saturated heterocycles. The molecule has 27 heavy (non-hydrogen) atoms. The van der Waals surface area contributed by atoms with Crippen LogP contribution in [0.3, 0.4) is 0 Å². The predicted octanol–water partition coefficient (Wildman–Crippen LogP) is 2.41. The fourth-order valence-electron chi connectivity index (χ4n) is 3.44. The summed E-state index contributed by atoms with van der Waals surface area (Å²) in [6.45, 7) is 3.43. The number of hydrogen-bond donors (Lipinski definition) is 1. The van der Waals surface area contributed by atoms with Gasteiger partial charge in [-0.2, -0.15) is 13.2 Å². The lowest BCUT2D eigenvalue weighted by atomic mass is 9.96. The van der Waals surface area contributed by atoms with Gasteiger partial charge in [0, 0.05) is 37.7 Å². The maximum absolute atomic E-state index is 12.6. The summed E-state index contributed by atoms with van der Waals surface area (Å²) in [7, 11) is 0. The Bertz CT molecular complexity index is 653. The Kier molecular flexibility index (Phi) is 7.11. The zero-order chi connectivity index (χ0) is 18.7. The van der Waals surface area contributed by atoms with Crippen LogP contribution in [0.5, 0.6) is 0 Å². The zero-order valence-electron chi connectivity index (χ0n) is 14.8. The van der Waals surface area contributed by atoms with Crippen LogP contribution in [0, 0.1) is 5.92 Å². The second-order valence-corrected chi connectivity index (χ2v) is 6.72. The highest BCUT2D eigenvalue weighted by molar-refractivity contribution is 5.94. The van der Waals surface area contributed by atoms with Crippen LogP contribution < -0.4 is 5.32 Å². The van der Waals surface area contributed by atoms with Crippen LogP contribution in [0.1, 0.15) is 28.8 Å². The van der Waals surface area contributed by atoms with Crippen LogP contribution in [0.4, 0.5) is 13.2 Å². The van der Waals surface area contributed by atoms with Crippen molar-refractivity contribution in [3.05, 3.63) is 35.4 Å². The highest BCUT2D eigenvalue weighted by Gasteiger charge is 2.32. The first-order valence-corrected chi connectivity index (χ1v) is 8.82. The Morgan fingerprint density at radius 3 is 1.96 bits per heavy atom. The van der Waals surface area contributed by atoms with Crippen LogP contribution in [0.2, 0.25) is 0 Å². The van der Waals surface area contributed by atoms with Crippen LogP contribution in [-0.2, 0) is 11.0 Å². The van der Waals surface area contributed by atoms with Crippen molar-refractivity contribution in [1.29, 1.82) is 0 Å². The fraction of sp³-hybridized carbons (Fsp3) is 0.556. The third-order valence-corrected chi connectivity index (χ3v) is 5.03. The van der Waals surface area contributed by atoms with Crippen molar-refractivity contribution in [2.45, 2.75) is 19.0 Å². The molecule has 2 aliphatic heterocycles. The minimum atomic E-state index is -4.41. The van der Waals surface area contributed by atoms with Gasteiger partial charge in [-0.05, 0) is 50.2 Å². The molecule has 5 nitrogen and oxygen atoms in total. The molecular weight excluding hydrogens is 383 g/mol. The van der Waals surface area contributed by atoms with Crippen LogP contribution in [-0.4, -0.2) is 60.9 Å². The van der Waals surface area contributed by atoms with E-state index < -0.39 is 11.7 Å². The molecule has 2 amide bonds. The van der Waals surface area contributed by atoms with Gasteiger partial charge in [-0.1, -0.05) is 0 Å². The molecule has 2 heterocycles. The number of piperazine rings is 1. The summed E-state index contributed by atoms with van der Waals surface area (Å²) in [5, 5.41) is 3.23. The summed E-state index contributed by atoms with van der Waals surface area (Å²) in [5.74, 6) is -0.103. The quantitative estimate of drug-likeness (QED) is 0.822. The average molecular weight is 406 g/mol. The van der Waals surface area contributed by atoms with E-state index in [1.807, 2.05) is 0 Å². The van der Waals surface area contributed by atoms with E-state index >= 15 is 0 Å². The smallest absolute Gasteiger partial charge is 0.339 e. The first-order chi connectivity index (χ1) is 12.4. The predicted molar refractivity (Wildman–Crippen MR) is 96.8 cm³/mol. The molecule has 0 radical (unpaired) electrons. The standard InChI is InChI=1S/C18H22F3N3O2.ClH/c19-18(20,21)15-3-1-13(2-4-15)16(25)23-9-11-24(12-10-23)17(26)14-5-7-22-8-6-14;/h1-4,14,22H,5-12H2;1H. The van der Waals surface area contributed by atoms with Gasteiger partial charge in [0.25, 0.3) is 5.91 Å². The molecular formula is C18H23ClF3N3O2. The molecule has 0 bridgehead atoms. The zero-order valence-corrected chi connectivity index (χ0v) is 15.6. The van der Waals surface area contributed by atoms with Crippen molar-refractivity contribution in [3.63, 3.8) is 0 Å². The number of hydrogen-bond acceptors (Lipinski definition) is 3. The molecule has 2 fully saturated rings. The second kappa shape index (κ2) is 8.93. The van der Waals surface area contributed by atoms with Crippen molar-refractivity contribution < 1.29 is 22.8 Å². The number of nitrogens with one attached hydrogen (secondary N) is 1. The van der Waals surface area contributed by atoms with Gasteiger partial charge in [0.05, 0.1) is 5.56 Å². The van der Waals surface area contributed by atoms with Crippen molar-refractivity contribution in [2.75, 3.05) is 39.3 Å². The summed E-state index contributed by atoms with van der Waals surface area (Å²) in [4.78, 5) is 28.4. The summed E-state index contributed by atoms with van der Waals surface area (Å²) in [6, 6.07) is 4.25. The van der Waals surface area contributed by atoms with E-state index in [0.717, 1.165) is 38.1 Å². The number of amides is 2. The van der Waals surface area contributed by atoms with E-state index in [9.17, 15) is 22.8 Å². The molecule has 1 aromatic carbocycles. The molecule has 9 heteroatoms. The van der Waals surface area contributed by atoms with Crippen molar-refractivity contribution in [1.82, 2.24) is 15.1 Å². The largest absolute Gasteiger partial charge is 0.416 e. The summed E-state index contributed by atoms with van der Waals surface area (Å²) >= 11 is 0. The van der Waals surface area contributed by atoms with E-state index in [0.29, 0.717) is 26.2 Å². The Morgan fingerprint density at radius 1 is 0.926 bits per heavy atom. The van der Waals surface area contributed by atoms with E-state index in [-0.39, 0.29) is 35.7 Å². The first-order valence-electron chi connectivity index (χ1n) is 8.82. The minimum Gasteiger partial charge on any atom is -0.339 e. The lowest BCUT2D eigenvalue weighted by molar-refractivity contribution is -0.138. The monoisotopic (exact) mass is 405 g/mol. The van der Waals surface area contributed by atoms with Gasteiger partial charge in [-0.25, -0.2) is 0 Å². The van der Waals surface area contributed by atoms with Gasteiger partial charge >= 0.3 is 6.18 Å². The van der Waals surface area contributed by atoms with Crippen molar-refractivity contribution in [2.24, 2.45) is 5.92 Å². The van der Waals surface area contributed by atoms with E-state index in [1.54, 1.807) is 9.80 Å². The Balaban J connectivity index is 0.00000261. The van der Waals surface area contributed by atoms with Gasteiger partial charge in [0.15, 0.2) is 0 Å². The van der Waals surface area contributed by atoms with Gasteiger partial charge < -0.3 is 15.1 Å². The molecule has 150 valence electrons. The number of benzene rings is 1. The number of halogens is 4. The fourth-order valence-corrected chi connectivity index (χ4v) is 3.44. The number of piperidine rings is 1. The second-order valence-electron chi connectivity index (χ2n) is 6.72. The SMILES string of the molecule is Cl.O=C(c1ccc(C(F)(F)F)cc1)N1CCN(C(=O)C2CCNCC2)CC1. The Morgan fingerprint density at radius 2 is 1.44 bits per heavy atom. The molecule has 0 aromatic heterocycles. The number of alkyl halides is 3. The first kappa shape index (κ1) is 21.5. The molecule has 0 saturated carbocycles.